The van der Waals surface area contributed by atoms with E-state index in [1.807, 2.05) is 0 Å². The highest BCUT2D eigenvalue weighted by atomic mass is 16.6. The van der Waals surface area contributed by atoms with Crippen LogP contribution in [0.15, 0.2) is 0 Å². The molecule has 0 radical (unpaired) electrons. The molecule has 5 nitrogen and oxygen atoms in total. The van der Waals surface area contributed by atoms with Crippen molar-refractivity contribution in [3.8, 4) is 0 Å². The first-order valence-corrected chi connectivity index (χ1v) is 3.77. The molecular formula is C7H16N2O3. The second-order valence-corrected chi connectivity index (χ2v) is 2.33. The van der Waals surface area contributed by atoms with Gasteiger partial charge in [-0.25, -0.2) is 0 Å². The van der Waals surface area contributed by atoms with E-state index in [2.05, 4.69) is 15.6 Å². The van der Waals surface area contributed by atoms with Crippen molar-refractivity contribution < 1.29 is 14.4 Å². The molecular weight excluding hydrogens is 160 g/mol. The summed E-state index contributed by atoms with van der Waals surface area (Å²) in [6.07, 6.45) is 0. The fraction of sp³-hybridized carbons (Fsp3) is 0.857. The van der Waals surface area contributed by atoms with Crippen LogP contribution in [0.3, 0.4) is 0 Å². The van der Waals surface area contributed by atoms with Crippen LogP contribution >= 0.6 is 0 Å². The van der Waals surface area contributed by atoms with Crippen molar-refractivity contribution in [3.05, 3.63) is 0 Å². The summed E-state index contributed by atoms with van der Waals surface area (Å²) in [5.74, 6) is -0.103. The number of rotatable bonds is 6. The molecule has 0 aliphatic carbocycles. The van der Waals surface area contributed by atoms with Crippen LogP contribution in [0.4, 0.5) is 0 Å². The topological polar surface area (TPSA) is 59.6 Å². The molecule has 0 aromatic heterocycles. The molecule has 0 saturated carbocycles. The van der Waals surface area contributed by atoms with E-state index in [1.54, 1.807) is 14.0 Å². The summed E-state index contributed by atoms with van der Waals surface area (Å²) in [6.45, 7) is 2.75. The highest BCUT2D eigenvalue weighted by Gasteiger charge is 2.10. The Kier molecular flexibility index (Phi) is 6.64. The number of amides is 1. The maximum Gasteiger partial charge on any atom is 0.239 e. The van der Waals surface area contributed by atoms with E-state index < -0.39 is 0 Å². The van der Waals surface area contributed by atoms with Crippen LogP contribution in [-0.2, 0) is 14.4 Å². The Bertz CT molecular complexity index is 130. The number of hydrogen-bond acceptors (Lipinski definition) is 4. The van der Waals surface area contributed by atoms with Gasteiger partial charge in [0.25, 0.3) is 0 Å². The third-order valence-electron chi connectivity index (χ3n) is 1.29. The van der Waals surface area contributed by atoms with Crippen LogP contribution in [0, 0.1) is 0 Å². The number of ether oxygens (including phenoxy) is 1. The molecule has 0 aromatic carbocycles. The van der Waals surface area contributed by atoms with Crippen molar-refractivity contribution in [2.75, 3.05) is 27.4 Å². The minimum Gasteiger partial charge on any atom is -0.383 e. The first-order chi connectivity index (χ1) is 5.72. The fourth-order valence-corrected chi connectivity index (χ4v) is 0.660. The molecule has 0 spiro atoms. The quantitative estimate of drug-likeness (QED) is 0.414. The first-order valence-electron chi connectivity index (χ1n) is 3.77. The molecule has 0 fully saturated rings. The molecule has 0 aliphatic heterocycles. The van der Waals surface area contributed by atoms with Crippen LogP contribution in [0.5, 0.6) is 0 Å². The standard InChI is InChI=1S/C7H16N2O3/c1-6(9-12-3)7(10)8-4-5-11-2/h6,9H,4-5H2,1-3H3,(H,8,10). The van der Waals surface area contributed by atoms with Gasteiger partial charge in [-0.15, -0.1) is 0 Å². The first kappa shape index (κ1) is 11.4. The Balaban J connectivity index is 3.43. The molecule has 0 saturated heterocycles. The number of carbonyl (C=O) groups excluding carboxylic acids is 1. The van der Waals surface area contributed by atoms with Gasteiger partial charge < -0.3 is 14.9 Å². The van der Waals surface area contributed by atoms with Crippen molar-refractivity contribution >= 4 is 5.91 Å². The molecule has 0 aliphatic rings. The zero-order chi connectivity index (χ0) is 9.40. The van der Waals surface area contributed by atoms with Crippen LogP contribution in [0.25, 0.3) is 0 Å². The van der Waals surface area contributed by atoms with Crippen molar-refractivity contribution in [1.82, 2.24) is 10.8 Å². The molecule has 12 heavy (non-hydrogen) atoms. The summed E-state index contributed by atoms with van der Waals surface area (Å²) in [4.78, 5) is 15.7. The summed E-state index contributed by atoms with van der Waals surface area (Å²) in [7, 11) is 3.06. The molecule has 1 atom stereocenters. The van der Waals surface area contributed by atoms with E-state index in [0.29, 0.717) is 13.2 Å². The molecule has 5 heteroatoms. The minimum atomic E-state index is -0.341. The van der Waals surface area contributed by atoms with Gasteiger partial charge in [0.05, 0.1) is 13.7 Å². The van der Waals surface area contributed by atoms with Crippen LogP contribution < -0.4 is 10.8 Å². The summed E-state index contributed by atoms with van der Waals surface area (Å²) < 4.78 is 4.77. The van der Waals surface area contributed by atoms with Gasteiger partial charge in [-0.05, 0) is 6.92 Å². The lowest BCUT2D eigenvalue weighted by molar-refractivity contribution is -0.126. The summed E-state index contributed by atoms with van der Waals surface area (Å²) in [5, 5.41) is 2.66. The van der Waals surface area contributed by atoms with Crippen molar-refractivity contribution in [2.45, 2.75) is 13.0 Å². The zero-order valence-corrected chi connectivity index (χ0v) is 7.72. The van der Waals surface area contributed by atoms with Crippen LogP contribution in [0.1, 0.15) is 6.92 Å². The molecule has 0 heterocycles. The molecule has 1 amide bonds. The average Bonchev–Trinajstić information content (AvgIpc) is 2.05. The number of hydrogen-bond donors (Lipinski definition) is 2. The predicted molar refractivity (Wildman–Crippen MR) is 44.5 cm³/mol. The lowest BCUT2D eigenvalue weighted by Crippen LogP contribution is -2.42. The van der Waals surface area contributed by atoms with Gasteiger partial charge in [0, 0.05) is 13.7 Å². The Labute approximate surface area is 72.4 Å². The van der Waals surface area contributed by atoms with E-state index >= 15 is 0 Å². The second-order valence-electron chi connectivity index (χ2n) is 2.33. The lowest BCUT2D eigenvalue weighted by atomic mass is 10.3. The van der Waals surface area contributed by atoms with Gasteiger partial charge in [0.15, 0.2) is 0 Å². The molecule has 0 rings (SSSR count). The summed E-state index contributed by atoms with van der Waals surface area (Å²) in [5.41, 5.74) is 2.52. The average molecular weight is 176 g/mol. The number of hydroxylamine groups is 1. The van der Waals surface area contributed by atoms with Gasteiger partial charge in [-0.2, -0.15) is 5.48 Å². The van der Waals surface area contributed by atoms with E-state index in [0.717, 1.165) is 0 Å². The van der Waals surface area contributed by atoms with Gasteiger partial charge in [0.2, 0.25) is 5.91 Å². The highest BCUT2D eigenvalue weighted by Crippen LogP contribution is 1.80. The monoisotopic (exact) mass is 176 g/mol. The van der Waals surface area contributed by atoms with Crippen molar-refractivity contribution in [2.24, 2.45) is 0 Å². The normalized spacial score (nSPS) is 12.6. The number of carbonyl (C=O) groups is 1. The Morgan fingerprint density at radius 3 is 2.67 bits per heavy atom. The number of nitrogens with one attached hydrogen (secondary N) is 2. The van der Waals surface area contributed by atoms with Gasteiger partial charge in [0.1, 0.15) is 6.04 Å². The smallest absolute Gasteiger partial charge is 0.239 e. The second kappa shape index (κ2) is 7.02. The third-order valence-corrected chi connectivity index (χ3v) is 1.29. The minimum absolute atomic E-state index is 0.103. The molecule has 72 valence electrons. The fourth-order valence-electron chi connectivity index (χ4n) is 0.660. The highest BCUT2D eigenvalue weighted by molar-refractivity contribution is 5.81. The molecule has 1 unspecified atom stereocenters. The third kappa shape index (κ3) is 5.06. The SMILES string of the molecule is COCCNC(=O)C(C)NOC. The van der Waals surface area contributed by atoms with Crippen molar-refractivity contribution in [3.63, 3.8) is 0 Å². The maximum absolute atomic E-state index is 11.1. The Hall–Kier alpha value is -0.650. The molecule has 2 N–H and O–H groups in total. The van der Waals surface area contributed by atoms with Crippen LogP contribution in [-0.4, -0.2) is 39.3 Å². The maximum atomic E-state index is 11.1. The zero-order valence-electron chi connectivity index (χ0n) is 7.72. The summed E-state index contributed by atoms with van der Waals surface area (Å²) >= 11 is 0. The van der Waals surface area contributed by atoms with Gasteiger partial charge in [-0.3, -0.25) is 4.79 Å². The van der Waals surface area contributed by atoms with Crippen LogP contribution in [0.2, 0.25) is 0 Å². The largest absolute Gasteiger partial charge is 0.383 e. The van der Waals surface area contributed by atoms with Gasteiger partial charge >= 0.3 is 0 Å². The Morgan fingerprint density at radius 1 is 1.50 bits per heavy atom. The lowest BCUT2D eigenvalue weighted by Gasteiger charge is -2.11. The van der Waals surface area contributed by atoms with Crippen molar-refractivity contribution in [1.29, 1.82) is 0 Å². The van der Waals surface area contributed by atoms with E-state index in [9.17, 15) is 4.79 Å². The molecule has 0 bridgehead atoms. The molecule has 0 aromatic rings. The number of methoxy groups -OCH3 is 1. The van der Waals surface area contributed by atoms with E-state index in [-0.39, 0.29) is 11.9 Å². The predicted octanol–water partition coefficient (Wildman–Crippen LogP) is -0.711. The van der Waals surface area contributed by atoms with Gasteiger partial charge in [-0.1, -0.05) is 0 Å². The summed E-state index contributed by atoms with van der Waals surface area (Å²) in [6, 6.07) is -0.341. The van der Waals surface area contributed by atoms with E-state index in [1.165, 1.54) is 7.11 Å². The van der Waals surface area contributed by atoms with E-state index in [4.69, 9.17) is 4.74 Å². The Morgan fingerprint density at radius 2 is 2.17 bits per heavy atom.